The highest BCUT2D eigenvalue weighted by Crippen LogP contribution is 2.36. The molecule has 3 nitrogen and oxygen atoms in total. The number of benzene rings is 3. The first-order chi connectivity index (χ1) is 11.8. The lowest BCUT2D eigenvalue weighted by molar-refractivity contribution is 0.0672. The molecule has 3 aromatic carbocycles. The van der Waals surface area contributed by atoms with E-state index in [1.807, 2.05) is 47.4 Å². The zero-order chi connectivity index (χ0) is 16.5. The number of amides is 1. The number of nitrogens with zero attached hydrogens (tertiary/aromatic N) is 1. The Balaban J connectivity index is 1.80. The summed E-state index contributed by atoms with van der Waals surface area (Å²) in [6, 6.07) is 22.0. The Bertz CT molecular complexity index is 898. The summed E-state index contributed by atoms with van der Waals surface area (Å²) in [5, 5.41) is 11.9. The Kier molecular flexibility index (Phi) is 3.79. The van der Waals surface area contributed by atoms with Gasteiger partial charge in [-0.15, -0.1) is 0 Å². The van der Waals surface area contributed by atoms with Gasteiger partial charge in [0.15, 0.2) is 0 Å². The van der Waals surface area contributed by atoms with Gasteiger partial charge in [-0.2, -0.15) is 0 Å². The molecule has 3 aromatic rings. The summed E-state index contributed by atoms with van der Waals surface area (Å²) in [6.45, 7) is 0.650. The van der Waals surface area contributed by atoms with E-state index < -0.39 is 0 Å². The second-order valence-corrected chi connectivity index (χ2v) is 6.19. The summed E-state index contributed by atoms with van der Waals surface area (Å²) < 4.78 is 0. The number of hydrogen-bond donors (Lipinski definition) is 1. The van der Waals surface area contributed by atoms with Crippen molar-refractivity contribution in [2.75, 3.05) is 6.61 Å². The van der Waals surface area contributed by atoms with Crippen LogP contribution in [0.15, 0.2) is 66.7 Å². The van der Waals surface area contributed by atoms with Crippen molar-refractivity contribution >= 4 is 16.7 Å². The van der Waals surface area contributed by atoms with Crippen molar-refractivity contribution in [1.29, 1.82) is 0 Å². The number of aliphatic hydroxyl groups excluding tert-OH is 1. The third-order valence-corrected chi connectivity index (χ3v) is 4.81. The van der Waals surface area contributed by atoms with Crippen molar-refractivity contribution in [3.8, 4) is 0 Å². The molecule has 0 saturated heterocycles. The molecule has 120 valence electrons. The lowest BCUT2D eigenvalue weighted by Crippen LogP contribution is -2.30. The predicted octanol–water partition coefficient (Wildman–Crippen LogP) is 3.92. The molecule has 1 heterocycles. The molecule has 0 radical (unpaired) electrons. The quantitative estimate of drug-likeness (QED) is 0.792. The van der Waals surface area contributed by atoms with Crippen molar-refractivity contribution in [1.82, 2.24) is 4.90 Å². The monoisotopic (exact) mass is 317 g/mol. The van der Waals surface area contributed by atoms with Gasteiger partial charge in [-0.25, -0.2) is 0 Å². The third-order valence-electron chi connectivity index (χ3n) is 4.81. The first-order valence-corrected chi connectivity index (χ1v) is 8.27. The van der Waals surface area contributed by atoms with Gasteiger partial charge in [0, 0.05) is 18.7 Å². The molecule has 1 amide bonds. The number of carbonyl (C=O) groups excluding carboxylic acids is 1. The number of fused-ring (bicyclic) bond motifs is 2. The summed E-state index contributed by atoms with van der Waals surface area (Å²) in [7, 11) is 0. The van der Waals surface area contributed by atoms with Crippen LogP contribution in [-0.2, 0) is 6.54 Å². The summed E-state index contributed by atoms with van der Waals surface area (Å²) in [4.78, 5) is 14.8. The Morgan fingerprint density at radius 1 is 0.958 bits per heavy atom. The zero-order valence-electron chi connectivity index (χ0n) is 13.4. The maximum absolute atomic E-state index is 12.9. The molecular weight excluding hydrogens is 298 g/mol. The van der Waals surface area contributed by atoms with Gasteiger partial charge < -0.3 is 10.0 Å². The highest BCUT2D eigenvalue weighted by molar-refractivity contribution is 5.99. The Labute approximate surface area is 141 Å². The van der Waals surface area contributed by atoms with Crippen molar-refractivity contribution in [2.24, 2.45) is 0 Å². The lowest BCUT2D eigenvalue weighted by atomic mass is 9.96. The number of rotatable bonds is 4. The van der Waals surface area contributed by atoms with E-state index in [-0.39, 0.29) is 18.6 Å². The fraction of sp³-hybridized carbons (Fsp3) is 0.190. The van der Waals surface area contributed by atoms with Gasteiger partial charge in [-0.05, 0) is 34.4 Å². The standard InChI is InChI=1S/C21H19NO2/c23-13-12-20(19-11-5-8-15-6-1-3-9-17(15)19)22-14-16-7-2-4-10-18(16)21(22)24/h1-11,20,23H,12-14H2. The predicted molar refractivity (Wildman–Crippen MR) is 94.7 cm³/mol. The molecule has 3 heteroatoms. The van der Waals surface area contributed by atoms with Crippen LogP contribution >= 0.6 is 0 Å². The fourth-order valence-corrected chi connectivity index (χ4v) is 3.67. The number of hydrogen-bond acceptors (Lipinski definition) is 2. The van der Waals surface area contributed by atoms with Crippen LogP contribution in [0.5, 0.6) is 0 Å². The average Bonchev–Trinajstić information content (AvgIpc) is 2.96. The minimum Gasteiger partial charge on any atom is -0.396 e. The Hall–Kier alpha value is -2.65. The minimum atomic E-state index is -0.124. The summed E-state index contributed by atoms with van der Waals surface area (Å²) >= 11 is 0. The number of aliphatic hydroxyl groups is 1. The van der Waals surface area contributed by atoms with Crippen LogP contribution in [0.3, 0.4) is 0 Å². The summed E-state index contributed by atoms with van der Waals surface area (Å²) in [5.74, 6) is 0.0528. The maximum Gasteiger partial charge on any atom is 0.255 e. The highest BCUT2D eigenvalue weighted by atomic mass is 16.3. The second-order valence-electron chi connectivity index (χ2n) is 6.19. The van der Waals surface area contributed by atoms with Crippen molar-refractivity contribution in [3.63, 3.8) is 0 Å². The molecule has 0 spiro atoms. The molecule has 0 fully saturated rings. The summed E-state index contributed by atoms with van der Waals surface area (Å²) in [5.41, 5.74) is 2.94. The van der Waals surface area contributed by atoms with E-state index >= 15 is 0 Å². The molecule has 24 heavy (non-hydrogen) atoms. The van der Waals surface area contributed by atoms with E-state index in [0.717, 1.165) is 27.5 Å². The first-order valence-electron chi connectivity index (χ1n) is 8.27. The molecule has 0 bridgehead atoms. The molecule has 1 aliphatic heterocycles. The molecule has 0 saturated carbocycles. The van der Waals surface area contributed by atoms with Crippen LogP contribution in [0.2, 0.25) is 0 Å². The molecular formula is C21H19NO2. The van der Waals surface area contributed by atoms with Crippen LogP contribution in [0, 0.1) is 0 Å². The minimum absolute atomic E-state index is 0.0496. The van der Waals surface area contributed by atoms with Gasteiger partial charge in [-0.1, -0.05) is 60.7 Å². The third kappa shape index (κ3) is 2.38. The average molecular weight is 317 g/mol. The largest absolute Gasteiger partial charge is 0.396 e. The number of carbonyl (C=O) groups is 1. The van der Waals surface area contributed by atoms with Gasteiger partial charge in [0.05, 0.1) is 6.04 Å². The highest BCUT2D eigenvalue weighted by Gasteiger charge is 2.33. The van der Waals surface area contributed by atoms with Gasteiger partial charge in [-0.3, -0.25) is 4.79 Å². The van der Waals surface area contributed by atoms with Gasteiger partial charge in [0.25, 0.3) is 5.91 Å². The molecule has 1 N–H and O–H groups in total. The van der Waals surface area contributed by atoms with Gasteiger partial charge >= 0.3 is 0 Å². The lowest BCUT2D eigenvalue weighted by Gasteiger charge is -2.29. The van der Waals surface area contributed by atoms with E-state index in [1.54, 1.807) is 0 Å². The Morgan fingerprint density at radius 2 is 1.71 bits per heavy atom. The fourth-order valence-electron chi connectivity index (χ4n) is 3.67. The van der Waals surface area contributed by atoms with Crippen LogP contribution in [-0.4, -0.2) is 22.5 Å². The second kappa shape index (κ2) is 6.10. The van der Waals surface area contributed by atoms with Crippen LogP contribution < -0.4 is 0 Å². The molecule has 1 aliphatic rings. The van der Waals surface area contributed by atoms with E-state index in [9.17, 15) is 9.90 Å². The topological polar surface area (TPSA) is 40.5 Å². The molecule has 1 unspecified atom stereocenters. The normalized spacial score (nSPS) is 14.9. The van der Waals surface area contributed by atoms with Crippen LogP contribution in [0.1, 0.15) is 33.9 Å². The molecule has 0 aromatic heterocycles. The van der Waals surface area contributed by atoms with Crippen molar-refractivity contribution in [2.45, 2.75) is 19.0 Å². The summed E-state index contributed by atoms with van der Waals surface area (Å²) in [6.07, 6.45) is 0.535. The van der Waals surface area contributed by atoms with Crippen LogP contribution in [0.25, 0.3) is 10.8 Å². The maximum atomic E-state index is 12.9. The van der Waals surface area contributed by atoms with E-state index in [1.165, 1.54) is 0 Å². The van der Waals surface area contributed by atoms with Gasteiger partial charge in [0.2, 0.25) is 0 Å². The van der Waals surface area contributed by atoms with E-state index in [2.05, 4.69) is 24.3 Å². The van der Waals surface area contributed by atoms with E-state index in [4.69, 9.17) is 0 Å². The van der Waals surface area contributed by atoms with E-state index in [0.29, 0.717) is 13.0 Å². The Morgan fingerprint density at radius 3 is 2.54 bits per heavy atom. The van der Waals surface area contributed by atoms with Crippen molar-refractivity contribution in [3.05, 3.63) is 83.4 Å². The SMILES string of the molecule is O=C1c2ccccc2CN1C(CCO)c1cccc2ccccc12. The van der Waals surface area contributed by atoms with Gasteiger partial charge in [0.1, 0.15) is 0 Å². The molecule has 4 rings (SSSR count). The molecule has 0 aliphatic carbocycles. The molecule has 1 atom stereocenters. The van der Waals surface area contributed by atoms with Crippen LogP contribution in [0.4, 0.5) is 0 Å². The van der Waals surface area contributed by atoms with Crippen molar-refractivity contribution < 1.29 is 9.90 Å². The smallest absolute Gasteiger partial charge is 0.255 e. The first kappa shape index (κ1) is 14.9. The zero-order valence-corrected chi connectivity index (χ0v) is 13.4.